The van der Waals surface area contributed by atoms with E-state index in [1.807, 2.05) is 0 Å². The van der Waals surface area contributed by atoms with Gasteiger partial charge in [0.05, 0.1) is 5.02 Å². The number of anilines is 1. The van der Waals surface area contributed by atoms with Crippen molar-refractivity contribution in [3.05, 3.63) is 27.7 Å². The number of rotatable bonds is 5. The molecule has 7 heteroatoms. The Morgan fingerprint density at radius 1 is 1.35 bits per heavy atom. The lowest BCUT2D eigenvalue weighted by Crippen LogP contribution is -2.54. The third-order valence-corrected chi connectivity index (χ3v) is 4.36. The molecule has 0 radical (unpaired) electrons. The third kappa shape index (κ3) is 3.86. The minimum atomic E-state index is -1.26. The van der Waals surface area contributed by atoms with E-state index in [0.717, 1.165) is 0 Å². The lowest BCUT2D eigenvalue weighted by Gasteiger charge is -2.28. The molecule has 0 saturated carbocycles. The molecule has 20 heavy (non-hydrogen) atoms. The zero-order chi connectivity index (χ0) is 15.3. The van der Waals surface area contributed by atoms with Crippen molar-refractivity contribution >= 4 is 45.2 Å². The van der Waals surface area contributed by atoms with Crippen molar-refractivity contribution in [2.75, 3.05) is 5.32 Å². The van der Waals surface area contributed by atoms with Crippen molar-refractivity contribution in [2.45, 2.75) is 32.2 Å². The maximum Gasteiger partial charge on any atom is 0.329 e. The van der Waals surface area contributed by atoms with Gasteiger partial charge in [-0.1, -0.05) is 25.4 Å². The van der Waals surface area contributed by atoms with Crippen molar-refractivity contribution in [3.8, 4) is 0 Å². The number of carbonyl (C=O) groups excluding carboxylic acids is 1. The van der Waals surface area contributed by atoms with Gasteiger partial charge in [0, 0.05) is 10.2 Å². The SMILES string of the molecule is CCC(CC)(NC(=O)Nc1ccc(Cl)c(Br)c1)C(=O)O. The van der Waals surface area contributed by atoms with Crippen LogP contribution in [0.5, 0.6) is 0 Å². The first-order chi connectivity index (χ1) is 9.34. The fourth-order valence-corrected chi connectivity index (χ4v) is 2.23. The second-order valence-electron chi connectivity index (χ2n) is 4.30. The van der Waals surface area contributed by atoms with Gasteiger partial charge in [-0.05, 0) is 47.0 Å². The van der Waals surface area contributed by atoms with Crippen molar-refractivity contribution in [3.63, 3.8) is 0 Å². The molecule has 0 fully saturated rings. The van der Waals surface area contributed by atoms with E-state index < -0.39 is 17.5 Å². The van der Waals surface area contributed by atoms with Crippen LogP contribution in [-0.2, 0) is 4.79 Å². The van der Waals surface area contributed by atoms with Crippen LogP contribution in [0, 0.1) is 0 Å². The second kappa shape index (κ2) is 6.95. The molecule has 3 N–H and O–H groups in total. The molecule has 110 valence electrons. The summed E-state index contributed by atoms with van der Waals surface area (Å²) in [5, 5.41) is 14.9. The van der Waals surface area contributed by atoms with E-state index in [1.165, 1.54) is 0 Å². The standard InChI is InChI=1S/C13H16BrClN2O3/c1-3-13(4-2,11(18)19)17-12(20)16-8-5-6-10(15)9(14)7-8/h5-7H,3-4H2,1-2H3,(H,18,19)(H2,16,17,20). The van der Waals surface area contributed by atoms with Gasteiger partial charge >= 0.3 is 12.0 Å². The molecule has 0 atom stereocenters. The minimum absolute atomic E-state index is 0.302. The summed E-state index contributed by atoms with van der Waals surface area (Å²) in [6.07, 6.45) is 0.604. The molecule has 0 saturated heterocycles. The lowest BCUT2D eigenvalue weighted by molar-refractivity contribution is -0.144. The molecule has 0 heterocycles. The van der Waals surface area contributed by atoms with E-state index >= 15 is 0 Å². The Bertz CT molecular complexity index is 518. The predicted octanol–water partition coefficient (Wildman–Crippen LogP) is 3.87. The molecule has 0 aliphatic rings. The van der Waals surface area contributed by atoms with E-state index in [-0.39, 0.29) is 0 Å². The average molecular weight is 364 g/mol. The summed E-state index contributed by atoms with van der Waals surface area (Å²) in [5.41, 5.74) is -0.737. The quantitative estimate of drug-likeness (QED) is 0.743. The molecule has 1 aromatic rings. The largest absolute Gasteiger partial charge is 0.480 e. The van der Waals surface area contributed by atoms with Crippen LogP contribution in [0.4, 0.5) is 10.5 Å². The number of aliphatic carboxylic acids is 1. The molecule has 0 aromatic heterocycles. The molecule has 0 aliphatic carbocycles. The summed E-state index contributed by atoms with van der Waals surface area (Å²) >= 11 is 9.11. The summed E-state index contributed by atoms with van der Waals surface area (Å²) < 4.78 is 0.646. The summed E-state index contributed by atoms with van der Waals surface area (Å²) in [7, 11) is 0. The second-order valence-corrected chi connectivity index (χ2v) is 5.56. The third-order valence-electron chi connectivity index (χ3n) is 3.15. The molecule has 1 aromatic carbocycles. The number of hydrogen-bond donors (Lipinski definition) is 3. The number of halogens is 2. The van der Waals surface area contributed by atoms with E-state index in [2.05, 4.69) is 26.6 Å². The number of benzene rings is 1. The minimum Gasteiger partial charge on any atom is -0.480 e. The van der Waals surface area contributed by atoms with Crippen molar-refractivity contribution in [1.82, 2.24) is 5.32 Å². The first-order valence-corrected chi connectivity index (χ1v) is 7.29. The van der Waals surface area contributed by atoms with Gasteiger partial charge in [-0.2, -0.15) is 0 Å². The van der Waals surface area contributed by atoms with Crippen LogP contribution in [-0.4, -0.2) is 22.6 Å². The van der Waals surface area contributed by atoms with E-state index in [4.69, 9.17) is 11.6 Å². The van der Waals surface area contributed by atoms with Gasteiger partial charge in [0.15, 0.2) is 0 Å². The maximum absolute atomic E-state index is 11.9. The highest BCUT2D eigenvalue weighted by Gasteiger charge is 2.36. The van der Waals surface area contributed by atoms with Gasteiger partial charge in [-0.15, -0.1) is 0 Å². The average Bonchev–Trinajstić information content (AvgIpc) is 2.40. The number of hydrogen-bond acceptors (Lipinski definition) is 2. The predicted molar refractivity (Wildman–Crippen MR) is 82.3 cm³/mol. The molecule has 5 nitrogen and oxygen atoms in total. The fraction of sp³-hybridized carbons (Fsp3) is 0.385. The Kier molecular flexibility index (Phi) is 5.83. The summed E-state index contributed by atoms with van der Waals surface area (Å²) in [6.45, 7) is 3.44. The van der Waals surface area contributed by atoms with Crippen LogP contribution in [0.25, 0.3) is 0 Å². The summed E-state index contributed by atoms with van der Waals surface area (Å²) in [5.74, 6) is -1.05. The Balaban J connectivity index is 2.80. The number of carboxylic acid groups (broad SMARTS) is 1. The Hall–Kier alpha value is -1.27. The van der Waals surface area contributed by atoms with Gasteiger partial charge in [0.2, 0.25) is 0 Å². The smallest absolute Gasteiger partial charge is 0.329 e. The van der Waals surface area contributed by atoms with Gasteiger partial charge in [0.25, 0.3) is 0 Å². The highest BCUT2D eigenvalue weighted by molar-refractivity contribution is 9.10. The van der Waals surface area contributed by atoms with E-state index in [1.54, 1.807) is 32.0 Å². The Morgan fingerprint density at radius 3 is 2.40 bits per heavy atom. The zero-order valence-corrected chi connectivity index (χ0v) is 13.5. The summed E-state index contributed by atoms with van der Waals surface area (Å²) in [6, 6.07) is 4.34. The van der Waals surface area contributed by atoms with Crippen LogP contribution in [0.2, 0.25) is 5.02 Å². The van der Waals surface area contributed by atoms with Crippen LogP contribution in [0.15, 0.2) is 22.7 Å². The first kappa shape index (κ1) is 16.8. The Morgan fingerprint density at radius 2 is 1.95 bits per heavy atom. The summed E-state index contributed by atoms with van der Waals surface area (Å²) in [4.78, 5) is 23.2. The van der Waals surface area contributed by atoms with Crippen LogP contribution >= 0.6 is 27.5 Å². The van der Waals surface area contributed by atoms with E-state index in [0.29, 0.717) is 28.0 Å². The number of urea groups is 1. The van der Waals surface area contributed by atoms with Gasteiger partial charge < -0.3 is 15.7 Å². The number of nitrogens with one attached hydrogen (secondary N) is 2. The van der Waals surface area contributed by atoms with Gasteiger partial charge in [-0.25, -0.2) is 9.59 Å². The van der Waals surface area contributed by atoms with Crippen molar-refractivity contribution in [2.24, 2.45) is 0 Å². The van der Waals surface area contributed by atoms with E-state index in [9.17, 15) is 14.7 Å². The van der Waals surface area contributed by atoms with Crippen LogP contribution in [0.3, 0.4) is 0 Å². The molecule has 0 spiro atoms. The molecule has 0 bridgehead atoms. The number of carbonyl (C=O) groups is 2. The molecular formula is C13H16BrClN2O3. The molecule has 0 unspecified atom stereocenters. The fourth-order valence-electron chi connectivity index (χ4n) is 1.74. The van der Waals surface area contributed by atoms with Gasteiger partial charge in [-0.3, -0.25) is 0 Å². The molecule has 0 aliphatic heterocycles. The maximum atomic E-state index is 11.9. The highest BCUT2D eigenvalue weighted by Crippen LogP contribution is 2.25. The molecule has 2 amide bonds. The monoisotopic (exact) mass is 362 g/mol. The van der Waals surface area contributed by atoms with Gasteiger partial charge in [0.1, 0.15) is 5.54 Å². The number of amides is 2. The van der Waals surface area contributed by atoms with Crippen LogP contribution in [0.1, 0.15) is 26.7 Å². The van der Waals surface area contributed by atoms with Crippen molar-refractivity contribution in [1.29, 1.82) is 0 Å². The first-order valence-electron chi connectivity index (χ1n) is 6.12. The topological polar surface area (TPSA) is 78.4 Å². The normalized spacial score (nSPS) is 11.0. The highest BCUT2D eigenvalue weighted by atomic mass is 79.9. The molecular weight excluding hydrogens is 348 g/mol. The number of carboxylic acids is 1. The molecule has 1 rings (SSSR count). The zero-order valence-electron chi connectivity index (χ0n) is 11.2. The van der Waals surface area contributed by atoms with Crippen LogP contribution < -0.4 is 10.6 Å². The van der Waals surface area contributed by atoms with Crippen molar-refractivity contribution < 1.29 is 14.7 Å². The lowest BCUT2D eigenvalue weighted by atomic mass is 9.93. The Labute approximate surface area is 130 Å².